The average Bonchev–Trinajstić information content (AvgIpc) is 2.71. The van der Waals surface area contributed by atoms with Crippen molar-refractivity contribution in [2.75, 3.05) is 10.6 Å². The van der Waals surface area contributed by atoms with Crippen LogP contribution < -0.4 is 15.8 Å². The Balaban J connectivity index is 1.91. The Kier molecular flexibility index (Phi) is 6.01. The highest BCUT2D eigenvalue weighted by Crippen LogP contribution is 2.27. The summed E-state index contributed by atoms with van der Waals surface area (Å²) in [6.07, 6.45) is 0.829. The summed E-state index contributed by atoms with van der Waals surface area (Å²) >= 11 is 0. The van der Waals surface area contributed by atoms with E-state index in [2.05, 4.69) is 31.5 Å². The van der Waals surface area contributed by atoms with Crippen molar-refractivity contribution in [1.29, 1.82) is 0 Å². The summed E-state index contributed by atoms with van der Waals surface area (Å²) in [7, 11) is -3.81. The first kappa shape index (κ1) is 22.3. The highest BCUT2D eigenvalue weighted by atomic mass is 32.2. The van der Waals surface area contributed by atoms with Gasteiger partial charge in [0.05, 0.1) is 10.4 Å². The number of aromatic nitrogens is 3. The van der Waals surface area contributed by atoms with Crippen molar-refractivity contribution in [3.8, 4) is 12.3 Å². The lowest BCUT2D eigenvalue weighted by atomic mass is 10.2. The third-order valence-electron chi connectivity index (χ3n) is 4.24. The van der Waals surface area contributed by atoms with E-state index >= 15 is 0 Å². The molecule has 8 nitrogen and oxygen atoms in total. The van der Waals surface area contributed by atoms with Crippen LogP contribution in [0.5, 0.6) is 0 Å². The predicted molar refractivity (Wildman–Crippen MR) is 110 cm³/mol. The molecule has 31 heavy (non-hydrogen) atoms. The minimum absolute atomic E-state index is 0.0405. The predicted octanol–water partition coefficient (Wildman–Crippen LogP) is 2.63. The Morgan fingerprint density at radius 2 is 1.81 bits per heavy atom. The highest BCUT2D eigenvalue weighted by molar-refractivity contribution is 7.89. The summed E-state index contributed by atoms with van der Waals surface area (Å²) in [6.45, 7) is 1.14. The van der Waals surface area contributed by atoms with E-state index in [0.29, 0.717) is 5.56 Å². The van der Waals surface area contributed by atoms with Gasteiger partial charge in [-0.3, -0.25) is 0 Å². The second-order valence-corrected chi connectivity index (χ2v) is 8.12. The Hall–Kier alpha value is -3.43. The minimum Gasteiger partial charge on any atom is -0.357 e. The molecule has 0 aliphatic carbocycles. The largest absolute Gasteiger partial charge is 0.408 e. The normalized spacial score (nSPS) is 12.9. The molecule has 0 amide bonds. The number of halogens is 3. The van der Waals surface area contributed by atoms with Crippen LogP contribution in [0, 0.1) is 12.3 Å². The number of nitrogens with two attached hydrogens (primary N) is 1. The molecule has 2 heterocycles. The van der Waals surface area contributed by atoms with Gasteiger partial charge in [-0.1, -0.05) is 18.1 Å². The number of benzene rings is 1. The molecule has 0 aliphatic rings. The summed E-state index contributed by atoms with van der Waals surface area (Å²) in [5.74, 6) is 2.25. The Bertz CT molecular complexity index is 1250. The first-order valence-electron chi connectivity index (χ1n) is 8.81. The van der Waals surface area contributed by atoms with Crippen molar-refractivity contribution in [2.45, 2.75) is 30.6 Å². The summed E-state index contributed by atoms with van der Waals surface area (Å²) in [5, 5.41) is 10.3. The molecule has 0 fully saturated rings. The van der Waals surface area contributed by atoms with Crippen LogP contribution in [0.3, 0.4) is 0 Å². The summed E-state index contributed by atoms with van der Waals surface area (Å²) in [5.41, 5.74) is 1.30. The molecular weight excluding hydrogens is 433 g/mol. The van der Waals surface area contributed by atoms with Crippen molar-refractivity contribution < 1.29 is 21.6 Å². The number of nitrogens with one attached hydrogen (secondary N) is 2. The van der Waals surface area contributed by atoms with Crippen LogP contribution in [0.15, 0.2) is 41.3 Å². The molecule has 4 N–H and O–H groups in total. The van der Waals surface area contributed by atoms with Gasteiger partial charge in [0.25, 0.3) is 0 Å². The molecule has 0 spiro atoms. The molecule has 12 heteroatoms. The molecule has 3 aromatic rings. The fraction of sp³-hybridized carbons (Fsp3) is 0.211. The van der Waals surface area contributed by atoms with E-state index in [1.165, 1.54) is 24.3 Å². The monoisotopic (exact) mass is 450 g/mol. The SMILES string of the molecule is C#Cc1ccc2nc(NCc3ccc(S(N)(=O)=O)cc3)nc(NC(C)C(F)(F)F)c2n1. The van der Waals surface area contributed by atoms with Gasteiger partial charge in [-0.25, -0.2) is 23.5 Å². The fourth-order valence-corrected chi connectivity index (χ4v) is 3.05. The number of pyridine rings is 1. The second kappa shape index (κ2) is 8.37. The molecule has 0 saturated heterocycles. The Labute approximate surface area is 176 Å². The lowest BCUT2D eigenvalue weighted by Gasteiger charge is -2.19. The zero-order valence-electron chi connectivity index (χ0n) is 16.1. The topological polar surface area (TPSA) is 123 Å². The lowest BCUT2D eigenvalue weighted by molar-refractivity contribution is -0.138. The third kappa shape index (κ3) is 5.39. The quantitative estimate of drug-likeness (QED) is 0.494. The lowest BCUT2D eigenvalue weighted by Crippen LogP contribution is -2.33. The maximum absolute atomic E-state index is 13.0. The standard InChI is InChI=1S/C19H17F3N6O2S/c1-3-13-6-9-15-16(26-13)17(25-11(2)19(20,21)22)28-18(27-15)24-10-12-4-7-14(8-5-12)31(23,29)30/h1,4-9,11H,10H2,2H3,(H2,23,29,30)(H2,24,25,27,28). The molecule has 0 aliphatic heterocycles. The van der Waals surface area contributed by atoms with Gasteiger partial charge in [-0.05, 0) is 36.8 Å². The number of sulfonamides is 1. The van der Waals surface area contributed by atoms with Gasteiger partial charge in [-0.2, -0.15) is 18.2 Å². The number of alkyl halides is 3. The molecule has 1 atom stereocenters. The van der Waals surface area contributed by atoms with E-state index in [0.717, 1.165) is 6.92 Å². The van der Waals surface area contributed by atoms with E-state index < -0.39 is 22.2 Å². The van der Waals surface area contributed by atoms with Gasteiger partial charge in [0.2, 0.25) is 16.0 Å². The molecule has 162 valence electrons. The summed E-state index contributed by atoms with van der Waals surface area (Å²) in [4.78, 5) is 12.5. The number of terminal acetylenes is 1. The average molecular weight is 450 g/mol. The van der Waals surface area contributed by atoms with E-state index in [-0.39, 0.29) is 39.9 Å². The molecule has 3 rings (SSSR count). The molecule has 1 aromatic carbocycles. The molecule has 1 unspecified atom stereocenters. The Morgan fingerprint density at radius 3 is 2.39 bits per heavy atom. The van der Waals surface area contributed by atoms with Crippen LogP contribution in [0.2, 0.25) is 0 Å². The zero-order valence-corrected chi connectivity index (χ0v) is 16.9. The zero-order chi connectivity index (χ0) is 22.8. The van der Waals surface area contributed by atoms with Crippen molar-refractivity contribution in [1.82, 2.24) is 15.0 Å². The van der Waals surface area contributed by atoms with Gasteiger partial charge in [0, 0.05) is 6.54 Å². The van der Waals surface area contributed by atoms with Crippen LogP contribution >= 0.6 is 0 Å². The summed E-state index contributed by atoms with van der Waals surface area (Å²) in [6, 6.07) is 6.93. The molecule has 2 aromatic heterocycles. The minimum atomic E-state index is -4.50. The number of primary sulfonamides is 1. The maximum Gasteiger partial charge on any atom is 0.408 e. The van der Waals surface area contributed by atoms with Crippen LogP contribution in [-0.4, -0.2) is 35.6 Å². The third-order valence-corrected chi connectivity index (χ3v) is 5.17. The molecule has 0 bridgehead atoms. The van der Waals surface area contributed by atoms with E-state index in [1.807, 2.05) is 0 Å². The second-order valence-electron chi connectivity index (χ2n) is 6.55. The van der Waals surface area contributed by atoms with Crippen molar-refractivity contribution >= 4 is 32.8 Å². The van der Waals surface area contributed by atoms with Crippen LogP contribution in [0.25, 0.3) is 11.0 Å². The van der Waals surface area contributed by atoms with Crippen molar-refractivity contribution in [3.05, 3.63) is 47.7 Å². The Morgan fingerprint density at radius 1 is 1.13 bits per heavy atom. The van der Waals surface area contributed by atoms with E-state index in [1.54, 1.807) is 12.1 Å². The van der Waals surface area contributed by atoms with Gasteiger partial charge >= 0.3 is 6.18 Å². The van der Waals surface area contributed by atoms with E-state index in [9.17, 15) is 21.6 Å². The van der Waals surface area contributed by atoms with Gasteiger partial charge in [0.15, 0.2) is 5.82 Å². The first-order chi connectivity index (χ1) is 14.5. The van der Waals surface area contributed by atoms with Crippen molar-refractivity contribution in [3.63, 3.8) is 0 Å². The van der Waals surface area contributed by atoms with E-state index in [4.69, 9.17) is 11.6 Å². The fourth-order valence-electron chi connectivity index (χ4n) is 2.54. The smallest absolute Gasteiger partial charge is 0.357 e. The maximum atomic E-state index is 13.0. The van der Waals surface area contributed by atoms with Gasteiger partial charge in [-0.15, -0.1) is 6.42 Å². The molecule has 0 radical (unpaired) electrons. The highest BCUT2D eigenvalue weighted by Gasteiger charge is 2.36. The first-order valence-corrected chi connectivity index (χ1v) is 10.4. The number of fused-ring (bicyclic) bond motifs is 1. The van der Waals surface area contributed by atoms with Crippen LogP contribution in [0.4, 0.5) is 24.9 Å². The molecule has 0 saturated carbocycles. The van der Waals surface area contributed by atoms with Gasteiger partial charge < -0.3 is 10.6 Å². The number of anilines is 2. The number of nitrogens with zero attached hydrogens (tertiary/aromatic N) is 3. The summed E-state index contributed by atoms with van der Waals surface area (Å²) < 4.78 is 61.8. The molecular formula is C19H17F3N6O2S. The number of rotatable bonds is 6. The van der Waals surface area contributed by atoms with Crippen molar-refractivity contribution in [2.24, 2.45) is 5.14 Å². The van der Waals surface area contributed by atoms with Crippen LogP contribution in [-0.2, 0) is 16.6 Å². The number of hydrogen-bond acceptors (Lipinski definition) is 7. The van der Waals surface area contributed by atoms with Gasteiger partial charge in [0.1, 0.15) is 17.3 Å². The number of hydrogen-bond donors (Lipinski definition) is 3. The van der Waals surface area contributed by atoms with Crippen LogP contribution in [0.1, 0.15) is 18.2 Å².